The average molecular weight is 685 g/mol. The van der Waals surface area contributed by atoms with Gasteiger partial charge in [-0.05, 0) is 14.1 Å². The molecule has 2 unspecified atom stereocenters. The van der Waals surface area contributed by atoms with Crippen LogP contribution in [-0.2, 0) is 23.9 Å². The molecule has 19 heteroatoms. The number of likely N-dealkylation sites (N-methyl/N-ethyl adjacent to an activating group) is 2. The molecule has 0 bridgehead atoms. The predicted molar refractivity (Wildman–Crippen MR) is 170 cm³/mol. The van der Waals surface area contributed by atoms with Gasteiger partial charge in [0.1, 0.15) is 18.8 Å². The number of hydrogen-bond acceptors (Lipinski definition) is 17. The lowest BCUT2D eigenvalue weighted by molar-refractivity contribution is -0.144. The van der Waals surface area contributed by atoms with Crippen molar-refractivity contribution in [2.75, 3.05) is 127 Å². The van der Waals surface area contributed by atoms with Crippen molar-refractivity contribution in [1.82, 2.24) is 20.4 Å². The van der Waals surface area contributed by atoms with Gasteiger partial charge in [0.2, 0.25) is 11.8 Å². The summed E-state index contributed by atoms with van der Waals surface area (Å²) in [6.45, 7) is 6.92. The molecule has 0 aromatic carbocycles. The summed E-state index contributed by atoms with van der Waals surface area (Å²) in [7, 11) is 5.13. The van der Waals surface area contributed by atoms with E-state index < -0.39 is 18.2 Å². The van der Waals surface area contributed by atoms with E-state index in [1.807, 2.05) is 11.9 Å². The van der Waals surface area contributed by atoms with Gasteiger partial charge in [0.05, 0.1) is 59.5 Å². The number of hydrogen-bond donors (Lipinski definition) is 12. The van der Waals surface area contributed by atoms with E-state index in [1.54, 1.807) is 7.05 Å². The van der Waals surface area contributed by atoms with Crippen LogP contribution in [0.4, 0.5) is 0 Å². The Morgan fingerprint density at radius 2 is 1.09 bits per heavy atom. The van der Waals surface area contributed by atoms with Crippen LogP contribution >= 0.6 is 0 Å². The summed E-state index contributed by atoms with van der Waals surface area (Å²) in [4.78, 5) is 33.9. The van der Waals surface area contributed by atoms with Gasteiger partial charge in [0.15, 0.2) is 0 Å². The van der Waals surface area contributed by atoms with Crippen molar-refractivity contribution in [2.45, 2.75) is 33.0 Å². The number of esters is 1. The number of methoxy groups -OCH3 is 1. The maximum Gasteiger partial charge on any atom is 0.302 e. The zero-order valence-corrected chi connectivity index (χ0v) is 28.4. The Morgan fingerprint density at radius 1 is 0.674 bits per heavy atom. The van der Waals surface area contributed by atoms with Crippen LogP contribution in [0.5, 0.6) is 0 Å². The van der Waals surface area contributed by atoms with E-state index in [2.05, 4.69) is 20.1 Å². The summed E-state index contributed by atoms with van der Waals surface area (Å²) in [5.41, 5.74) is 0. The Morgan fingerprint density at radius 3 is 1.28 bits per heavy atom. The molecule has 0 aromatic heterocycles. The molecule has 0 saturated carbocycles. The summed E-state index contributed by atoms with van der Waals surface area (Å²) in [5.74, 6) is -0.681. The highest BCUT2D eigenvalue weighted by molar-refractivity contribution is 5.73. The van der Waals surface area contributed by atoms with Gasteiger partial charge in [-0.3, -0.25) is 14.4 Å². The third kappa shape index (κ3) is 68.9. The van der Waals surface area contributed by atoms with Gasteiger partial charge in [0, 0.05) is 67.1 Å². The van der Waals surface area contributed by atoms with Gasteiger partial charge in [-0.15, -0.1) is 0 Å². The van der Waals surface area contributed by atoms with E-state index >= 15 is 0 Å². The molecular weight excluding hydrogens is 620 g/mol. The zero-order chi connectivity index (χ0) is 37.2. The fourth-order valence-electron chi connectivity index (χ4n) is 1.98. The molecule has 0 aliphatic carbocycles. The Kier molecular flexibility index (Phi) is 60.8. The number of aliphatic hydroxyl groups excluding tert-OH is 10. The molecular formula is C27H64N4O15. The van der Waals surface area contributed by atoms with Crippen LogP contribution in [-0.4, -0.2) is 217 Å². The van der Waals surface area contributed by atoms with Crippen molar-refractivity contribution in [3.63, 3.8) is 0 Å². The first-order valence-electron chi connectivity index (χ1n) is 14.4. The first-order valence-corrected chi connectivity index (χ1v) is 14.4. The Hall–Kier alpha value is -2.11. The summed E-state index contributed by atoms with van der Waals surface area (Å²) in [6, 6.07) is 0. The van der Waals surface area contributed by atoms with Gasteiger partial charge < -0.3 is 81.0 Å². The minimum absolute atomic E-state index is 0.0135. The molecule has 0 aliphatic heterocycles. The van der Waals surface area contributed by atoms with Gasteiger partial charge >= 0.3 is 5.97 Å². The summed E-state index contributed by atoms with van der Waals surface area (Å²) in [6.07, 6.45) is -1.67. The Balaban J connectivity index is -0.000000106. The van der Waals surface area contributed by atoms with E-state index in [0.29, 0.717) is 39.3 Å². The van der Waals surface area contributed by atoms with E-state index in [9.17, 15) is 14.4 Å². The number of nitrogens with zero attached hydrogens (tertiary/aromatic N) is 2. The molecule has 2 atom stereocenters. The molecule has 0 rings (SSSR count). The highest BCUT2D eigenvalue weighted by Gasteiger charge is 2.05. The van der Waals surface area contributed by atoms with E-state index in [4.69, 9.17) is 51.1 Å². The van der Waals surface area contributed by atoms with Gasteiger partial charge in [-0.25, -0.2) is 0 Å². The fourth-order valence-corrected chi connectivity index (χ4v) is 1.98. The number of carbonyl (C=O) groups excluding carboxylic acids is 3. The zero-order valence-electron chi connectivity index (χ0n) is 28.4. The van der Waals surface area contributed by atoms with Crippen molar-refractivity contribution in [3.8, 4) is 0 Å². The van der Waals surface area contributed by atoms with Crippen LogP contribution in [0.15, 0.2) is 0 Å². The van der Waals surface area contributed by atoms with Crippen LogP contribution in [0.1, 0.15) is 20.8 Å². The lowest BCUT2D eigenvalue weighted by Crippen LogP contribution is -2.33. The van der Waals surface area contributed by atoms with Crippen molar-refractivity contribution in [2.24, 2.45) is 0 Å². The highest BCUT2D eigenvalue weighted by atomic mass is 16.5. The maximum absolute atomic E-state index is 10.6. The second kappa shape index (κ2) is 49.8. The average Bonchev–Trinajstić information content (AvgIpc) is 3.01. The lowest BCUT2D eigenvalue weighted by Gasteiger charge is -2.17. The topological polar surface area (TPSA) is 303 Å². The summed E-state index contributed by atoms with van der Waals surface area (Å²) in [5, 5.41) is 88.2. The Bertz CT molecular complexity index is 597. The molecule has 46 heavy (non-hydrogen) atoms. The van der Waals surface area contributed by atoms with Crippen LogP contribution in [0.2, 0.25) is 0 Å². The number of aliphatic hydroxyl groups is 10. The van der Waals surface area contributed by atoms with E-state index in [0.717, 1.165) is 0 Å². The Labute approximate surface area is 273 Å². The van der Waals surface area contributed by atoms with Gasteiger partial charge in [-0.1, -0.05) is 0 Å². The molecule has 19 nitrogen and oxygen atoms in total. The second-order valence-corrected chi connectivity index (χ2v) is 8.67. The predicted octanol–water partition coefficient (Wildman–Crippen LogP) is -6.08. The summed E-state index contributed by atoms with van der Waals surface area (Å²) < 4.78 is 8.83. The van der Waals surface area contributed by atoms with E-state index in [1.165, 1.54) is 32.8 Å². The number of ether oxygens (including phenoxy) is 2. The number of carbonyl (C=O) groups is 3. The van der Waals surface area contributed by atoms with Crippen molar-refractivity contribution >= 4 is 17.8 Å². The first-order chi connectivity index (χ1) is 21.7. The minimum atomic E-state index is -0.950. The lowest BCUT2D eigenvalue weighted by atomic mass is 10.4. The highest BCUT2D eigenvalue weighted by Crippen LogP contribution is 1.86. The van der Waals surface area contributed by atoms with E-state index in [-0.39, 0.29) is 77.9 Å². The molecule has 0 saturated heterocycles. The smallest absolute Gasteiger partial charge is 0.302 e. The third-order valence-electron chi connectivity index (χ3n) is 4.26. The first kappa shape index (κ1) is 56.2. The minimum Gasteiger partial charge on any atom is -0.463 e. The van der Waals surface area contributed by atoms with Crippen LogP contribution in [0.3, 0.4) is 0 Å². The normalized spacial score (nSPS) is 10.7. The molecule has 0 aliphatic rings. The van der Waals surface area contributed by atoms with Crippen LogP contribution < -0.4 is 10.6 Å². The second-order valence-electron chi connectivity index (χ2n) is 8.67. The van der Waals surface area contributed by atoms with Gasteiger partial charge in [-0.2, -0.15) is 0 Å². The molecule has 12 N–H and O–H groups in total. The number of nitrogens with one attached hydrogen (secondary N) is 2. The third-order valence-corrected chi connectivity index (χ3v) is 4.26. The molecule has 0 aromatic rings. The monoisotopic (exact) mass is 684 g/mol. The molecule has 0 radical (unpaired) electrons. The number of amides is 2. The molecule has 0 heterocycles. The van der Waals surface area contributed by atoms with Crippen LogP contribution in [0.25, 0.3) is 0 Å². The van der Waals surface area contributed by atoms with Crippen molar-refractivity contribution < 1.29 is 74.9 Å². The van der Waals surface area contributed by atoms with Crippen molar-refractivity contribution in [1.29, 1.82) is 0 Å². The quantitative estimate of drug-likeness (QED) is 0.0598. The molecule has 2 amide bonds. The van der Waals surface area contributed by atoms with Gasteiger partial charge in [0.25, 0.3) is 0 Å². The molecule has 0 spiro atoms. The molecule has 282 valence electrons. The summed E-state index contributed by atoms with van der Waals surface area (Å²) >= 11 is 0. The van der Waals surface area contributed by atoms with Crippen LogP contribution in [0, 0.1) is 0 Å². The maximum atomic E-state index is 10.6. The SMILES string of the molecule is CC(=O)N(CCO)CCO.CC(=O)NCCO.CC(=O)OCC(O)CO.CN(CCO)CCO.CNCCO.COCC(O)CO. The molecule has 0 fully saturated rings. The fraction of sp³-hybridized carbons (Fsp3) is 0.889. The van der Waals surface area contributed by atoms with Crippen molar-refractivity contribution in [3.05, 3.63) is 0 Å². The number of rotatable bonds is 18. The standard InChI is InChI=1S/C6H13NO3.C5H13NO2.C5H10O4.C4H9NO2.C4H10O3.C3H9NO/c1-6(10)7(2-4-8)3-5-9;1-6(2-4-7)3-5-8;1-4(7)9-3-5(8)2-6;1-4(7)5-2-3-6;1-7-3-4(6)2-5;1-4-2-3-5/h8-9H,2-5H2,1H3;7-8H,2-5H2,1H3;5-6,8H,2-3H2,1H3;6H,2-3H2,1H3,(H,5,7);4-6H,2-3H2,1H3;4-5H,2-3H2,1H3. The largest absolute Gasteiger partial charge is 0.463 e.